The van der Waals surface area contributed by atoms with Gasteiger partial charge in [-0.15, -0.1) is 11.3 Å². The van der Waals surface area contributed by atoms with Gasteiger partial charge >= 0.3 is 0 Å². The van der Waals surface area contributed by atoms with E-state index in [0.717, 1.165) is 5.69 Å². The van der Waals surface area contributed by atoms with Gasteiger partial charge < -0.3 is 9.80 Å². The fourth-order valence-electron chi connectivity index (χ4n) is 12.6. The van der Waals surface area contributed by atoms with Crippen molar-refractivity contribution in [2.75, 3.05) is 9.80 Å². The van der Waals surface area contributed by atoms with Crippen LogP contribution in [0.2, 0.25) is 0 Å². The third-order valence-electron chi connectivity index (χ3n) is 16.7. The summed E-state index contributed by atoms with van der Waals surface area (Å²) in [5.74, 6) is 0. The van der Waals surface area contributed by atoms with Crippen molar-refractivity contribution in [1.82, 2.24) is 0 Å². The van der Waals surface area contributed by atoms with E-state index in [0.29, 0.717) is 0 Å². The summed E-state index contributed by atoms with van der Waals surface area (Å²) >= 11 is 1.98. The van der Waals surface area contributed by atoms with Crippen LogP contribution in [0.15, 0.2) is 206 Å². The maximum Gasteiger partial charge on any atom is 0.264 e. The average molecular weight is 997 g/mol. The zero-order valence-electron chi connectivity index (χ0n) is 45.0. The summed E-state index contributed by atoms with van der Waals surface area (Å²) in [5.41, 5.74) is 21.0. The van der Waals surface area contributed by atoms with Crippen molar-refractivity contribution < 1.29 is 0 Å². The summed E-state index contributed by atoms with van der Waals surface area (Å²) in [6, 6.07) is 79.2. The molecular formula is C72H61BN2S. The molecule has 14 rings (SSSR count). The van der Waals surface area contributed by atoms with Crippen LogP contribution in [-0.2, 0) is 16.2 Å². The molecule has 2 aliphatic heterocycles. The van der Waals surface area contributed by atoms with Gasteiger partial charge in [-0.05, 0) is 159 Å². The minimum atomic E-state index is -0.0957. The van der Waals surface area contributed by atoms with Crippen molar-refractivity contribution in [3.05, 3.63) is 223 Å². The molecule has 4 heteroatoms. The molecule has 0 bridgehead atoms. The molecule has 3 heterocycles. The zero-order valence-corrected chi connectivity index (χ0v) is 45.8. The fourth-order valence-corrected chi connectivity index (χ4v) is 13.9. The first kappa shape index (κ1) is 46.6. The highest BCUT2D eigenvalue weighted by Crippen LogP contribution is 2.53. The number of hydrogen-bond donors (Lipinski definition) is 0. The van der Waals surface area contributed by atoms with Gasteiger partial charge in [-0.2, -0.15) is 0 Å². The van der Waals surface area contributed by atoms with E-state index in [4.69, 9.17) is 0 Å². The second kappa shape index (κ2) is 16.8. The highest BCUT2D eigenvalue weighted by molar-refractivity contribution is 7.33. The minimum Gasteiger partial charge on any atom is -0.311 e. The van der Waals surface area contributed by atoms with Crippen LogP contribution >= 0.6 is 11.3 Å². The Balaban J connectivity index is 1.14. The summed E-state index contributed by atoms with van der Waals surface area (Å²) in [7, 11) is 0. The van der Waals surface area contributed by atoms with Gasteiger partial charge in [-0.1, -0.05) is 214 Å². The predicted molar refractivity (Wildman–Crippen MR) is 332 cm³/mol. The molecule has 0 aliphatic carbocycles. The van der Waals surface area contributed by atoms with Crippen LogP contribution in [0.1, 0.15) is 79.0 Å². The van der Waals surface area contributed by atoms with E-state index in [2.05, 4.69) is 278 Å². The number of rotatable bonds is 5. The third-order valence-corrected chi connectivity index (χ3v) is 17.9. The largest absolute Gasteiger partial charge is 0.311 e. The summed E-state index contributed by atoms with van der Waals surface area (Å²) in [6.45, 7) is 21.0. The van der Waals surface area contributed by atoms with Crippen molar-refractivity contribution >= 4 is 110 Å². The van der Waals surface area contributed by atoms with E-state index in [9.17, 15) is 0 Å². The monoisotopic (exact) mass is 996 g/mol. The molecule has 12 aromatic rings. The van der Waals surface area contributed by atoms with Gasteiger partial charge in [0.1, 0.15) is 0 Å². The Hall–Kier alpha value is -7.92. The molecule has 0 amide bonds. The predicted octanol–water partition coefficient (Wildman–Crippen LogP) is 18.8. The van der Waals surface area contributed by atoms with Crippen molar-refractivity contribution in [2.24, 2.45) is 0 Å². The number of anilines is 6. The second-order valence-corrected chi connectivity index (χ2v) is 25.6. The number of fused-ring (bicyclic) bond motifs is 6. The van der Waals surface area contributed by atoms with E-state index in [1.54, 1.807) is 0 Å². The first-order chi connectivity index (χ1) is 36.6. The van der Waals surface area contributed by atoms with Gasteiger partial charge in [-0.3, -0.25) is 0 Å². The molecule has 2 aliphatic rings. The number of benzene rings is 11. The summed E-state index contributed by atoms with van der Waals surface area (Å²) in [5, 5.41) is 9.07. The Kier molecular flexibility index (Phi) is 10.3. The van der Waals surface area contributed by atoms with Crippen molar-refractivity contribution in [1.29, 1.82) is 0 Å². The quantitative estimate of drug-likeness (QED) is 0.125. The van der Waals surface area contributed by atoms with Crippen LogP contribution in [0, 0.1) is 0 Å². The topological polar surface area (TPSA) is 6.48 Å². The van der Waals surface area contributed by atoms with Gasteiger partial charge in [0.25, 0.3) is 6.71 Å². The maximum atomic E-state index is 2.72. The Morgan fingerprint density at radius 3 is 1.61 bits per heavy atom. The SMILES string of the molecule is CC(C)(C)c1ccc(N2c3ccc(-c4ccccc4)cc3B3c4sc5ccc(C(C)(C)C)cc5c4N(c4ccc(C(C)(C)C)cc4-c4ccc5ccc6cccc7ccc4c5c67)c4cc(-c5ccccc5)cc2c43)cc1. The normalized spacial score (nSPS) is 13.5. The lowest BCUT2D eigenvalue weighted by molar-refractivity contribution is 0.590. The van der Waals surface area contributed by atoms with Crippen LogP contribution in [0.3, 0.4) is 0 Å². The molecular weight excluding hydrogens is 936 g/mol. The van der Waals surface area contributed by atoms with Gasteiger partial charge in [0.05, 0.1) is 11.4 Å². The number of nitrogens with zero attached hydrogens (tertiary/aromatic N) is 2. The molecule has 0 saturated heterocycles. The molecule has 0 saturated carbocycles. The lowest BCUT2D eigenvalue weighted by Crippen LogP contribution is -2.60. The molecule has 0 N–H and O–H groups in total. The van der Waals surface area contributed by atoms with Gasteiger partial charge in [0.2, 0.25) is 0 Å². The smallest absolute Gasteiger partial charge is 0.264 e. The summed E-state index contributed by atoms with van der Waals surface area (Å²) < 4.78 is 2.68. The highest BCUT2D eigenvalue weighted by Gasteiger charge is 2.46. The molecule has 1 aromatic heterocycles. The van der Waals surface area contributed by atoms with Gasteiger partial charge in [0, 0.05) is 43.2 Å². The number of thiophene rings is 1. The molecule has 11 aromatic carbocycles. The molecule has 0 atom stereocenters. The first-order valence-electron chi connectivity index (χ1n) is 27.1. The van der Waals surface area contributed by atoms with E-state index >= 15 is 0 Å². The van der Waals surface area contributed by atoms with E-state index < -0.39 is 0 Å². The van der Waals surface area contributed by atoms with Crippen LogP contribution < -0.4 is 25.5 Å². The molecule has 368 valence electrons. The maximum absolute atomic E-state index is 2.72. The van der Waals surface area contributed by atoms with Crippen LogP contribution in [0.4, 0.5) is 34.1 Å². The Morgan fingerprint density at radius 1 is 0.368 bits per heavy atom. The average Bonchev–Trinajstić information content (AvgIpc) is 4.01. The van der Waals surface area contributed by atoms with E-state index in [1.165, 1.54) is 137 Å². The molecule has 2 nitrogen and oxygen atoms in total. The lowest BCUT2D eigenvalue weighted by Gasteiger charge is -2.44. The fraction of sp³-hybridized carbons (Fsp3) is 0.167. The molecule has 0 radical (unpaired) electrons. The van der Waals surface area contributed by atoms with Crippen LogP contribution in [0.5, 0.6) is 0 Å². The van der Waals surface area contributed by atoms with Crippen LogP contribution in [-0.4, -0.2) is 6.71 Å². The molecule has 0 unspecified atom stereocenters. The molecule has 0 spiro atoms. The van der Waals surface area contributed by atoms with E-state index in [1.807, 2.05) is 11.3 Å². The Morgan fingerprint density at radius 2 is 0.934 bits per heavy atom. The molecule has 76 heavy (non-hydrogen) atoms. The Bertz CT molecular complexity index is 4260. The van der Waals surface area contributed by atoms with Crippen molar-refractivity contribution in [2.45, 2.75) is 78.6 Å². The second-order valence-electron chi connectivity index (χ2n) is 24.6. The minimum absolute atomic E-state index is 0.0142. The van der Waals surface area contributed by atoms with Crippen molar-refractivity contribution in [3.8, 4) is 33.4 Å². The van der Waals surface area contributed by atoms with Crippen LogP contribution in [0.25, 0.3) is 75.8 Å². The Labute approximate surface area is 452 Å². The standard InChI is InChI=1S/C72H61BN2S/c1-70(2,3)51-28-32-54(33-29-51)74-61-36-27-49(44-17-12-10-13-18-44)39-59(61)73-67-62(74)40-50(45-19-14-11-15-20-45)41-63(67)75(68-58-43-53(72(7,8)9)31-38-64(58)76-69(68)73)60-37-30-52(71(4,5)6)42-57(60)55-34-25-48-24-23-46-21-16-22-47-26-35-56(55)66(48)65(46)47/h10-43H,1-9H3. The molecule has 0 fully saturated rings. The van der Waals surface area contributed by atoms with E-state index in [-0.39, 0.29) is 23.0 Å². The third kappa shape index (κ3) is 7.28. The summed E-state index contributed by atoms with van der Waals surface area (Å²) in [6.07, 6.45) is 0. The first-order valence-corrected chi connectivity index (χ1v) is 27.9. The lowest BCUT2D eigenvalue weighted by atomic mass is 9.36. The van der Waals surface area contributed by atoms with Gasteiger partial charge in [0.15, 0.2) is 0 Å². The number of hydrogen-bond acceptors (Lipinski definition) is 3. The summed E-state index contributed by atoms with van der Waals surface area (Å²) in [4.78, 5) is 5.30. The zero-order chi connectivity index (χ0) is 52.0. The van der Waals surface area contributed by atoms with Crippen molar-refractivity contribution in [3.63, 3.8) is 0 Å². The van der Waals surface area contributed by atoms with Gasteiger partial charge in [-0.25, -0.2) is 0 Å². The highest BCUT2D eigenvalue weighted by atomic mass is 32.1.